The highest BCUT2D eigenvalue weighted by Gasteiger charge is 2.33. The summed E-state index contributed by atoms with van der Waals surface area (Å²) >= 11 is 0. The zero-order valence-corrected chi connectivity index (χ0v) is 19.2. The number of piperidine rings is 1. The SMILES string of the molecule is O=C(Nc1ccccc1)c1ccc(CN2CC(C(=O)N3CCCCC3)Oc3ccccc32)cc1. The monoisotopic (exact) mass is 455 g/mol. The van der Waals surface area contributed by atoms with Gasteiger partial charge in [-0.05, 0) is 61.2 Å². The summed E-state index contributed by atoms with van der Waals surface area (Å²) in [4.78, 5) is 29.9. The van der Waals surface area contributed by atoms with Gasteiger partial charge >= 0.3 is 0 Å². The van der Waals surface area contributed by atoms with Gasteiger partial charge in [-0.3, -0.25) is 9.59 Å². The Morgan fingerprint density at radius 2 is 1.56 bits per heavy atom. The summed E-state index contributed by atoms with van der Waals surface area (Å²) in [6, 6.07) is 24.9. The molecule has 2 heterocycles. The van der Waals surface area contributed by atoms with E-state index in [1.165, 1.54) is 6.42 Å². The number of hydrogen-bond donors (Lipinski definition) is 1. The molecule has 5 rings (SSSR count). The van der Waals surface area contributed by atoms with Crippen LogP contribution < -0.4 is 15.0 Å². The molecule has 2 aliphatic rings. The number of likely N-dealkylation sites (tertiary alicyclic amines) is 1. The van der Waals surface area contributed by atoms with Gasteiger partial charge in [0.05, 0.1) is 12.2 Å². The van der Waals surface area contributed by atoms with E-state index in [4.69, 9.17) is 4.74 Å². The molecule has 2 aliphatic heterocycles. The van der Waals surface area contributed by atoms with Crippen LogP contribution in [0.25, 0.3) is 0 Å². The van der Waals surface area contributed by atoms with Crippen molar-refractivity contribution in [3.63, 3.8) is 0 Å². The molecule has 1 atom stereocenters. The predicted octanol–water partition coefficient (Wildman–Crippen LogP) is 4.72. The summed E-state index contributed by atoms with van der Waals surface area (Å²) in [6.07, 6.45) is 2.79. The van der Waals surface area contributed by atoms with E-state index in [-0.39, 0.29) is 11.8 Å². The van der Waals surface area contributed by atoms with E-state index in [2.05, 4.69) is 10.2 Å². The fourth-order valence-electron chi connectivity index (χ4n) is 4.61. The second kappa shape index (κ2) is 10.00. The van der Waals surface area contributed by atoms with Crippen LogP contribution in [-0.2, 0) is 11.3 Å². The first-order valence-electron chi connectivity index (χ1n) is 11.9. The third-order valence-electron chi connectivity index (χ3n) is 6.43. The van der Waals surface area contributed by atoms with Gasteiger partial charge in [0.15, 0.2) is 6.10 Å². The first-order valence-corrected chi connectivity index (χ1v) is 11.9. The number of carbonyl (C=O) groups excluding carboxylic acids is 2. The molecule has 0 aliphatic carbocycles. The third kappa shape index (κ3) is 4.91. The lowest BCUT2D eigenvalue weighted by molar-refractivity contribution is -0.139. The Hall–Kier alpha value is -3.80. The average molecular weight is 456 g/mol. The lowest BCUT2D eigenvalue weighted by Crippen LogP contribution is -2.51. The van der Waals surface area contributed by atoms with E-state index in [9.17, 15) is 9.59 Å². The lowest BCUT2D eigenvalue weighted by atomic mass is 10.1. The van der Waals surface area contributed by atoms with Crippen molar-refractivity contribution in [2.45, 2.75) is 31.9 Å². The number of nitrogens with zero attached hydrogens (tertiary/aromatic N) is 2. The van der Waals surface area contributed by atoms with Crippen molar-refractivity contribution in [3.8, 4) is 5.75 Å². The Kier molecular flexibility index (Phi) is 6.47. The average Bonchev–Trinajstić information content (AvgIpc) is 2.89. The smallest absolute Gasteiger partial charge is 0.265 e. The second-order valence-electron chi connectivity index (χ2n) is 8.86. The molecule has 3 aromatic rings. The number of rotatable bonds is 5. The van der Waals surface area contributed by atoms with Gasteiger partial charge in [-0.15, -0.1) is 0 Å². The molecule has 2 amide bonds. The quantitative estimate of drug-likeness (QED) is 0.605. The maximum absolute atomic E-state index is 13.2. The summed E-state index contributed by atoms with van der Waals surface area (Å²) in [5.41, 5.74) is 3.42. The lowest BCUT2D eigenvalue weighted by Gasteiger charge is -2.38. The molecule has 174 valence electrons. The van der Waals surface area contributed by atoms with Crippen molar-refractivity contribution >= 4 is 23.2 Å². The van der Waals surface area contributed by atoms with Crippen LogP contribution in [0.2, 0.25) is 0 Å². The van der Waals surface area contributed by atoms with Crippen LogP contribution in [0, 0.1) is 0 Å². The number of benzene rings is 3. The molecule has 0 aromatic heterocycles. The number of fused-ring (bicyclic) bond motifs is 1. The van der Waals surface area contributed by atoms with Crippen LogP contribution >= 0.6 is 0 Å². The van der Waals surface area contributed by atoms with Gasteiger partial charge < -0.3 is 19.9 Å². The summed E-state index contributed by atoms with van der Waals surface area (Å²) in [5, 5.41) is 2.91. The standard InChI is InChI=1S/C28H29N3O3/c32-27(29-23-9-3-1-4-10-23)22-15-13-21(14-16-22)19-31-20-26(28(33)30-17-7-2-8-18-30)34-25-12-6-5-11-24(25)31/h1,3-6,9-16,26H,2,7-8,17-20H2,(H,29,32). The molecule has 0 radical (unpaired) electrons. The molecular weight excluding hydrogens is 426 g/mol. The minimum absolute atomic E-state index is 0.0761. The van der Waals surface area contributed by atoms with Crippen LogP contribution in [0.5, 0.6) is 5.75 Å². The van der Waals surface area contributed by atoms with Crippen LogP contribution in [0.1, 0.15) is 35.2 Å². The summed E-state index contributed by atoms with van der Waals surface area (Å²) in [7, 11) is 0. The van der Waals surface area contributed by atoms with Gasteiger partial charge in [-0.1, -0.05) is 42.5 Å². The maximum atomic E-state index is 13.2. The predicted molar refractivity (Wildman–Crippen MR) is 133 cm³/mol. The number of carbonyl (C=O) groups is 2. The molecule has 6 heteroatoms. The highest BCUT2D eigenvalue weighted by molar-refractivity contribution is 6.04. The molecule has 1 saturated heterocycles. The van der Waals surface area contributed by atoms with Gasteiger partial charge in [0.25, 0.3) is 11.8 Å². The van der Waals surface area contributed by atoms with Crippen molar-refractivity contribution in [2.75, 3.05) is 29.9 Å². The van der Waals surface area contributed by atoms with Gasteiger partial charge in [0.1, 0.15) is 5.75 Å². The van der Waals surface area contributed by atoms with Crippen molar-refractivity contribution in [2.24, 2.45) is 0 Å². The van der Waals surface area contributed by atoms with Gasteiger partial charge in [-0.25, -0.2) is 0 Å². The first-order chi connectivity index (χ1) is 16.7. The Bertz CT molecular complexity index is 1140. The number of hydrogen-bond acceptors (Lipinski definition) is 4. The summed E-state index contributed by atoms with van der Waals surface area (Å²) in [6.45, 7) is 2.76. The van der Waals surface area contributed by atoms with Crippen molar-refractivity contribution in [1.29, 1.82) is 0 Å². The Morgan fingerprint density at radius 3 is 2.32 bits per heavy atom. The molecule has 34 heavy (non-hydrogen) atoms. The molecule has 0 saturated carbocycles. The van der Waals surface area contributed by atoms with E-state index >= 15 is 0 Å². The molecule has 1 N–H and O–H groups in total. The van der Waals surface area contributed by atoms with Crippen molar-refractivity contribution in [3.05, 3.63) is 90.0 Å². The molecule has 1 fully saturated rings. The molecular formula is C28H29N3O3. The molecule has 1 unspecified atom stereocenters. The molecule has 0 spiro atoms. The van der Waals surface area contributed by atoms with Gasteiger partial charge in [0, 0.05) is 30.9 Å². The van der Waals surface area contributed by atoms with Gasteiger partial charge in [0.2, 0.25) is 0 Å². The number of nitrogens with one attached hydrogen (secondary N) is 1. The molecule has 6 nitrogen and oxygen atoms in total. The maximum Gasteiger partial charge on any atom is 0.265 e. The van der Waals surface area contributed by atoms with E-state index in [1.807, 2.05) is 83.8 Å². The van der Waals surface area contributed by atoms with Crippen LogP contribution in [0.15, 0.2) is 78.9 Å². The summed E-state index contributed by atoms with van der Waals surface area (Å²) in [5.74, 6) is 0.678. The fraction of sp³-hybridized carbons (Fsp3) is 0.286. The van der Waals surface area contributed by atoms with Crippen LogP contribution in [0.3, 0.4) is 0 Å². The largest absolute Gasteiger partial charge is 0.477 e. The zero-order chi connectivity index (χ0) is 23.3. The molecule has 0 bridgehead atoms. The number of amides is 2. The second-order valence-corrected chi connectivity index (χ2v) is 8.86. The Morgan fingerprint density at radius 1 is 0.853 bits per heavy atom. The zero-order valence-electron chi connectivity index (χ0n) is 19.2. The molecule has 3 aromatic carbocycles. The highest BCUT2D eigenvalue weighted by atomic mass is 16.5. The normalized spacial score (nSPS) is 17.5. The van der Waals surface area contributed by atoms with Gasteiger partial charge in [-0.2, -0.15) is 0 Å². The van der Waals surface area contributed by atoms with Crippen molar-refractivity contribution < 1.29 is 14.3 Å². The first kappa shape index (κ1) is 22.0. The minimum atomic E-state index is -0.510. The van der Waals surface area contributed by atoms with Crippen molar-refractivity contribution in [1.82, 2.24) is 4.90 Å². The Balaban J connectivity index is 1.29. The topological polar surface area (TPSA) is 61.9 Å². The highest BCUT2D eigenvalue weighted by Crippen LogP contribution is 2.34. The number of anilines is 2. The van der Waals surface area contributed by atoms with Crippen LogP contribution in [0.4, 0.5) is 11.4 Å². The number of ether oxygens (including phenoxy) is 1. The Labute approximate surface area is 200 Å². The number of para-hydroxylation sites is 3. The van der Waals surface area contributed by atoms with E-state index < -0.39 is 6.10 Å². The third-order valence-corrected chi connectivity index (χ3v) is 6.43. The summed E-state index contributed by atoms with van der Waals surface area (Å²) < 4.78 is 6.14. The minimum Gasteiger partial charge on any atom is -0.477 e. The van der Waals surface area contributed by atoms with E-state index in [0.717, 1.165) is 48.6 Å². The van der Waals surface area contributed by atoms with E-state index in [0.29, 0.717) is 18.7 Å². The fourth-order valence-corrected chi connectivity index (χ4v) is 4.61. The van der Waals surface area contributed by atoms with Crippen LogP contribution in [-0.4, -0.2) is 42.5 Å². The van der Waals surface area contributed by atoms with E-state index in [1.54, 1.807) is 0 Å².